The van der Waals surface area contributed by atoms with E-state index in [0.29, 0.717) is 64.8 Å². The number of ketones is 1. The quantitative estimate of drug-likeness (QED) is 0.0699. The average Bonchev–Trinajstić information content (AvgIpc) is 4.01. The van der Waals surface area contributed by atoms with E-state index in [2.05, 4.69) is 39.9 Å². The molecular formula is C46H46ClF2N11O7S. The monoisotopic (exact) mass is 969 g/mol. The van der Waals surface area contributed by atoms with Crippen molar-refractivity contribution in [3.63, 3.8) is 0 Å². The van der Waals surface area contributed by atoms with Gasteiger partial charge in [-0.25, -0.2) is 37.1 Å². The normalized spacial score (nSPS) is 14.0. The minimum absolute atomic E-state index is 0.000297. The third kappa shape index (κ3) is 10.5. The number of amides is 1. The Balaban J connectivity index is 0.000000184. The fourth-order valence-electron chi connectivity index (χ4n) is 7.70. The molecule has 354 valence electrons. The van der Waals surface area contributed by atoms with Gasteiger partial charge in [0.1, 0.15) is 22.8 Å². The number of aromatic amines is 1. The van der Waals surface area contributed by atoms with Gasteiger partial charge in [0.25, 0.3) is 5.91 Å². The van der Waals surface area contributed by atoms with E-state index < -0.39 is 44.6 Å². The molecule has 1 saturated heterocycles. The van der Waals surface area contributed by atoms with Crippen LogP contribution in [0.15, 0.2) is 84.4 Å². The fraction of sp³-hybridized carbons (Fsp3) is 0.283. The number of H-pyrrole nitrogens is 1. The van der Waals surface area contributed by atoms with Gasteiger partial charge in [0.2, 0.25) is 27.4 Å². The largest absolute Gasteiger partial charge is 0.491 e. The van der Waals surface area contributed by atoms with Gasteiger partial charge >= 0.3 is 0 Å². The van der Waals surface area contributed by atoms with Crippen molar-refractivity contribution in [2.75, 3.05) is 74.6 Å². The molecule has 0 spiro atoms. The Morgan fingerprint density at radius 2 is 1.75 bits per heavy atom. The van der Waals surface area contributed by atoms with E-state index >= 15 is 4.39 Å². The maximum absolute atomic E-state index is 15.1. The number of nitrogens with two attached hydrogens (primary N) is 1. The Bertz CT molecular complexity index is 3180. The first-order valence-corrected chi connectivity index (χ1v) is 23.6. The summed E-state index contributed by atoms with van der Waals surface area (Å²) in [5.74, 6) is -2.06. The molecule has 0 saturated carbocycles. The van der Waals surface area contributed by atoms with Crippen LogP contribution in [0.5, 0.6) is 11.5 Å². The molecule has 1 fully saturated rings. The molecule has 3 aromatic carbocycles. The van der Waals surface area contributed by atoms with E-state index in [-0.39, 0.29) is 28.4 Å². The number of rotatable bonds is 14. The number of nitrogen functional groups attached to an aromatic ring is 1. The van der Waals surface area contributed by atoms with Gasteiger partial charge in [0.05, 0.1) is 49.5 Å². The van der Waals surface area contributed by atoms with Crippen LogP contribution < -0.4 is 30.9 Å². The van der Waals surface area contributed by atoms with Crippen LogP contribution in [0.4, 0.5) is 26.2 Å². The zero-order valence-corrected chi connectivity index (χ0v) is 38.5. The second-order valence-electron chi connectivity index (χ2n) is 15.6. The number of anilines is 3. The molecule has 1 amide bonds. The number of halogens is 3. The first kappa shape index (κ1) is 47.4. The Kier molecular flexibility index (Phi) is 14.5. The van der Waals surface area contributed by atoms with E-state index in [4.69, 9.17) is 36.5 Å². The van der Waals surface area contributed by atoms with Crippen molar-refractivity contribution in [2.24, 2.45) is 4.99 Å². The molecule has 4 aromatic heterocycles. The van der Waals surface area contributed by atoms with E-state index in [1.165, 1.54) is 18.6 Å². The minimum atomic E-state index is -3.84. The number of aromatic nitrogens is 6. The Morgan fingerprint density at radius 3 is 2.49 bits per heavy atom. The number of hydrogen-bond donors (Lipinski definition) is 4. The van der Waals surface area contributed by atoms with Gasteiger partial charge in [-0.3, -0.25) is 23.8 Å². The lowest BCUT2D eigenvalue weighted by atomic mass is 10.00. The van der Waals surface area contributed by atoms with Crippen molar-refractivity contribution < 1.29 is 41.0 Å². The van der Waals surface area contributed by atoms with Crippen molar-refractivity contribution >= 4 is 72.7 Å². The number of ether oxygens (including phenoxy) is 3. The van der Waals surface area contributed by atoms with Crippen molar-refractivity contribution in [1.82, 2.24) is 34.4 Å². The van der Waals surface area contributed by atoms with Crippen LogP contribution in [0.25, 0.3) is 33.1 Å². The van der Waals surface area contributed by atoms with Gasteiger partial charge in [0, 0.05) is 84.4 Å². The molecule has 0 bridgehead atoms. The molecular weight excluding hydrogens is 924 g/mol. The molecule has 2 aliphatic rings. The summed E-state index contributed by atoms with van der Waals surface area (Å²) in [4.78, 5) is 52.1. The molecule has 6 heterocycles. The molecule has 22 heteroatoms. The van der Waals surface area contributed by atoms with Crippen LogP contribution in [-0.2, 0) is 21.3 Å². The van der Waals surface area contributed by atoms with Gasteiger partial charge in [-0.15, -0.1) is 0 Å². The number of pyridine rings is 1. The summed E-state index contributed by atoms with van der Waals surface area (Å²) >= 11 is 5.93. The predicted octanol–water partition coefficient (Wildman–Crippen LogP) is 6.23. The van der Waals surface area contributed by atoms with E-state index in [9.17, 15) is 22.4 Å². The lowest BCUT2D eigenvalue weighted by molar-refractivity contribution is 0.0357. The number of carbonyl (C=O) groups is 2. The van der Waals surface area contributed by atoms with Crippen molar-refractivity contribution in [1.29, 1.82) is 0 Å². The lowest BCUT2D eigenvalue weighted by Gasteiger charge is -2.26. The summed E-state index contributed by atoms with van der Waals surface area (Å²) in [5.41, 5.74) is 7.06. The highest BCUT2D eigenvalue weighted by molar-refractivity contribution is 7.92. The zero-order valence-electron chi connectivity index (χ0n) is 36.9. The van der Waals surface area contributed by atoms with Crippen LogP contribution in [0.2, 0.25) is 5.02 Å². The molecule has 0 unspecified atom stereocenters. The molecule has 9 rings (SSSR count). The number of carbonyl (C=O) groups excluding carboxylic acids is 2. The molecule has 0 radical (unpaired) electrons. The number of morpholine rings is 1. The summed E-state index contributed by atoms with van der Waals surface area (Å²) in [5, 5.41) is 5.15. The number of methoxy groups -OCH3 is 1. The molecule has 2 aliphatic heterocycles. The van der Waals surface area contributed by atoms with E-state index in [1.54, 1.807) is 50.6 Å². The lowest BCUT2D eigenvalue weighted by Crippen LogP contribution is -2.37. The first-order valence-electron chi connectivity index (χ1n) is 21.5. The highest BCUT2D eigenvalue weighted by Crippen LogP contribution is 2.37. The average molecular weight is 970 g/mol. The van der Waals surface area contributed by atoms with Crippen molar-refractivity contribution in [2.45, 2.75) is 26.3 Å². The number of fused-ring (bicyclic) bond motifs is 4. The predicted molar refractivity (Wildman–Crippen MR) is 253 cm³/mol. The second kappa shape index (κ2) is 20.8. The zero-order chi connectivity index (χ0) is 48.0. The Hall–Kier alpha value is -7.07. The second-order valence-corrected chi connectivity index (χ2v) is 17.9. The summed E-state index contributed by atoms with van der Waals surface area (Å²) in [7, 11) is -2.26. The number of sulfonamides is 1. The van der Waals surface area contributed by atoms with Crippen LogP contribution in [0, 0.1) is 11.6 Å². The molecule has 18 nitrogen and oxygen atoms in total. The summed E-state index contributed by atoms with van der Waals surface area (Å²) in [6.45, 7) is 7.94. The van der Waals surface area contributed by atoms with Crippen LogP contribution in [-0.4, -0.2) is 113 Å². The number of nitrogens with one attached hydrogen (secondary N) is 3. The van der Waals surface area contributed by atoms with Gasteiger partial charge in [-0.2, -0.15) is 4.99 Å². The number of hydrogen-bond acceptors (Lipinski definition) is 14. The third-order valence-corrected chi connectivity index (χ3v) is 12.7. The molecule has 5 N–H and O–H groups in total. The minimum Gasteiger partial charge on any atom is -0.491 e. The number of nitrogens with zero attached hydrogens (tertiary/aromatic N) is 7. The first-order chi connectivity index (χ1) is 32.8. The van der Waals surface area contributed by atoms with Gasteiger partial charge in [0.15, 0.2) is 17.3 Å². The summed E-state index contributed by atoms with van der Waals surface area (Å²) < 4.78 is 74.9. The van der Waals surface area contributed by atoms with E-state index in [0.717, 1.165) is 68.2 Å². The standard InChI is InChI=1S/C23H18ClF2N3O3S.C23H28N8O4/c1-2-9-33(31,32)29-19-8-7-18(25)20(21(19)26)22(30)17-12-28-23-16(17)10-14(11-27-23)13-3-5-15(24)6-4-13;1-33-19-17(35-10-2-6-30-8-11-34-12-9-30)4-3-16-18(19)28-23(31-7-5-25-20(16)31)29-21(32)15-13-26-22(24)27-14-15/h3-8,10-12,29H,2,9H2,1H3,(H,27,28);3-4,13-14,25H,2,5-12H2,1H3,(H2,24,26,27). The molecule has 7 aromatic rings. The highest BCUT2D eigenvalue weighted by Gasteiger charge is 2.27. The van der Waals surface area contributed by atoms with Crippen molar-refractivity contribution in [3.8, 4) is 22.6 Å². The van der Waals surface area contributed by atoms with Gasteiger partial charge < -0.3 is 30.2 Å². The maximum Gasteiger partial charge on any atom is 0.283 e. The maximum atomic E-state index is 15.1. The van der Waals surface area contributed by atoms with Gasteiger partial charge in [-0.05, 0) is 60.9 Å². The summed E-state index contributed by atoms with van der Waals surface area (Å²) in [6, 6.07) is 14.3. The molecule has 0 atom stereocenters. The van der Waals surface area contributed by atoms with E-state index in [1.807, 2.05) is 16.7 Å². The van der Waals surface area contributed by atoms with Crippen LogP contribution >= 0.6 is 11.6 Å². The fourth-order valence-corrected chi connectivity index (χ4v) is 8.96. The topological polar surface area (TPSA) is 234 Å². The smallest absolute Gasteiger partial charge is 0.283 e. The van der Waals surface area contributed by atoms with Crippen LogP contribution in [0.3, 0.4) is 0 Å². The van der Waals surface area contributed by atoms with Crippen LogP contribution in [0.1, 0.15) is 46.0 Å². The third-order valence-electron chi connectivity index (χ3n) is 11.0. The summed E-state index contributed by atoms with van der Waals surface area (Å²) in [6.07, 6.45) is 6.81. The Labute approximate surface area is 393 Å². The highest BCUT2D eigenvalue weighted by atomic mass is 35.5. The Morgan fingerprint density at radius 1 is 0.985 bits per heavy atom. The van der Waals surface area contributed by atoms with Gasteiger partial charge in [-0.1, -0.05) is 30.7 Å². The van der Waals surface area contributed by atoms with Crippen molar-refractivity contribution in [3.05, 3.63) is 118 Å². The molecule has 68 heavy (non-hydrogen) atoms. The number of benzene rings is 3. The SMILES string of the molecule is CCCS(=O)(=O)Nc1ccc(F)c(C(=O)c2c[nH]c3ncc(-c4ccc(Cl)cc4)cc23)c1F.COc1c(OCCCN2CCOCC2)ccc2c3n(c(=NC(=O)c4cnc(N)nc4)nc12)CCN3. The molecule has 0 aliphatic carbocycles.